The van der Waals surface area contributed by atoms with E-state index in [4.69, 9.17) is 11.6 Å². The van der Waals surface area contributed by atoms with Crippen molar-refractivity contribution in [2.24, 2.45) is 0 Å². The van der Waals surface area contributed by atoms with Gasteiger partial charge in [-0.15, -0.1) is 11.3 Å². The van der Waals surface area contributed by atoms with E-state index < -0.39 is 6.04 Å². The zero-order valence-corrected chi connectivity index (χ0v) is 16.9. The number of rotatable bonds is 7. The molecular formula is C21H20ClN3O2S. The molecule has 28 heavy (non-hydrogen) atoms. The number of carbonyl (C=O) groups excluding carboxylic acids is 2. The molecule has 7 heteroatoms. The summed E-state index contributed by atoms with van der Waals surface area (Å²) in [5.41, 5.74) is 2.35. The van der Waals surface area contributed by atoms with Gasteiger partial charge in [-0.3, -0.25) is 9.59 Å². The number of amides is 2. The SMILES string of the molecule is CNC(=O)C(Cc1ccccc1)NC(=O)c1csc(Cc2ccc(Cl)cc2)n1. The molecule has 0 spiro atoms. The maximum absolute atomic E-state index is 12.6. The van der Waals surface area contributed by atoms with Crippen LogP contribution in [0.5, 0.6) is 0 Å². The molecule has 3 aromatic rings. The Hall–Kier alpha value is -2.70. The number of thiazole rings is 1. The molecule has 0 saturated carbocycles. The highest BCUT2D eigenvalue weighted by Crippen LogP contribution is 2.17. The van der Waals surface area contributed by atoms with Crippen molar-refractivity contribution in [2.75, 3.05) is 7.05 Å². The number of carbonyl (C=O) groups is 2. The summed E-state index contributed by atoms with van der Waals surface area (Å²) in [7, 11) is 1.56. The third kappa shape index (κ3) is 5.41. The molecule has 2 amide bonds. The second-order valence-electron chi connectivity index (χ2n) is 6.26. The summed E-state index contributed by atoms with van der Waals surface area (Å²) >= 11 is 7.32. The van der Waals surface area contributed by atoms with E-state index in [9.17, 15) is 9.59 Å². The molecule has 3 rings (SSSR count). The summed E-state index contributed by atoms with van der Waals surface area (Å²) in [4.78, 5) is 29.2. The van der Waals surface area contributed by atoms with Crippen LogP contribution in [-0.2, 0) is 17.6 Å². The van der Waals surface area contributed by atoms with Gasteiger partial charge in [-0.05, 0) is 23.3 Å². The van der Waals surface area contributed by atoms with Gasteiger partial charge >= 0.3 is 0 Å². The molecule has 144 valence electrons. The minimum atomic E-state index is -0.665. The smallest absolute Gasteiger partial charge is 0.271 e. The molecule has 0 bridgehead atoms. The maximum atomic E-state index is 12.6. The highest BCUT2D eigenvalue weighted by molar-refractivity contribution is 7.09. The zero-order valence-electron chi connectivity index (χ0n) is 15.3. The number of halogens is 1. The molecule has 0 saturated heterocycles. The van der Waals surface area contributed by atoms with Gasteiger partial charge in [0, 0.05) is 30.3 Å². The van der Waals surface area contributed by atoms with Crippen molar-refractivity contribution in [3.63, 3.8) is 0 Å². The van der Waals surface area contributed by atoms with E-state index in [1.807, 2.05) is 54.6 Å². The van der Waals surface area contributed by atoms with E-state index in [1.165, 1.54) is 11.3 Å². The summed E-state index contributed by atoms with van der Waals surface area (Å²) in [5.74, 6) is -0.600. The molecular weight excluding hydrogens is 394 g/mol. The number of nitrogens with one attached hydrogen (secondary N) is 2. The number of hydrogen-bond acceptors (Lipinski definition) is 4. The first-order valence-corrected chi connectivity index (χ1v) is 10.1. The molecule has 1 heterocycles. The van der Waals surface area contributed by atoms with Gasteiger partial charge < -0.3 is 10.6 Å². The normalized spacial score (nSPS) is 11.6. The minimum absolute atomic E-state index is 0.242. The van der Waals surface area contributed by atoms with Crippen molar-refractivity contribution in [2.45, 2.75) is 18.9 Å². The highest BCUT2D eigenvalue weighted by Gasteiger charge is 2.22. The molecule has 0 aliphatic heterocycles. The minimum Gasteiger partial charge on any atom is -0.357 e. The average molecular weight is 414 g/mol. The Balaban J connectivity index is 1.67. The first-order chi connectivity index (χ1) is 13.5. The van der Waals surface area contributed by atoms with Crippen LogP contribution in [0.25, 0.3) is 0 Å². The van der Waals surface area contributed by atoms with Crippen LogP contribution in [0.3, 0.4) is 0 Å². The summed E-state index contributed by atoms with van der Waals surface area (Å²) in [5, 5.41) is 8.62. The van der Waals surface area contributed by atoms with Gasteiger partial charge in [0.2, 0.25) is 5.91 Å². The fourth-order valence-corrected chi connectivity index (χ4v) is 3.67. The molecule has 0 aliphatic carbocycles. The van der Waals surface area contributed by atoms with Crippen LogP contribution in [0.1, 0.15) is 26.6 Å². The van der Waals surface area contributed by atoms with Gasteiger partial charge in [-0.25, -0.2) is 4.98 Å². The van der Waals surface area contributed by atoms with E-state index in [0.717, 1.165) is 16.1 Å². The average Bonchev–Trinajstić information content (AvgIpc) is 3.18. The summed E-state index contributed by atoms with van der Waals surface area (Å²) < 4.78 is 0. The Labute approximate surface area is 172 Å². The Bertz CT molecular complexity index is 942. The fraction of sp³-hybridized carbons (Fsp3) is 0.190. The lowest BCUT2D eigenvalue weighted by atomic mass is 10.1. The lowest BCUT2D eigenvalue weighted by molar-refractivity contribution is -0.122. The first-order valence-electron chi connectivity index (χ1n) is 8.80. The number of benzene rings is 2. The molecule has 1 aromatic heterocycles. The fourth-order valence-electron chi connectivity index (χ4n) is 2.74. The molecule has 5 nitrogen and oxygen atoms in total. The van der Waals surface area contributed by atoms with Crippen LogP contribution in [0, 0.1) is 0 Å². The van der Waals surface area contributed by atoms with Crippen molar-refractivity contribution in [1.82, 2.24) is 15.6 Å². The van der Waals surface area contributed by atoms with E-state index in [0.29, 0.717) is 23.6 Å². The van der Waals surface area contributed by atoms with Crippen LogP contribution < -0.4 is 10.6 Å². The topological polar surface area (TPSA) is 71.1 Å². The van der Waals surface area contributed by atoms with E-state index in [-0.39, 0.29) is 11.8 Å². The number of hydrogen-bond donors (Lipinski definition) is 2. The molecule has 2 N–H and O–H groups in total. The van der Waals surface area contributed by atoms with E-state index >= 15 is 0 Å². The largest absolute Gasteiger partial charge is 0.357 e. The third-order valence-corrected chi connectivity index (χ3v) is 5.30. The lowest BCUT2D eigenvalue weighted by Gasteiger charge is -2.16. The lowest BCUT2D eigenvalue weighted by Crippen LogP contribution is -2.47. The summed E-state index contributed by atoms with van der Waals surface area (Å²) in [6.07, 6.45) is 1.03. The Morgan fingerprint density at radius 1 is 1.07 bits per heavy atom. The molecule has 1 atom stereocenters. The zero-order chi connectivity index (χ0) is 19.9. The summed E-state index contributed by atoms with van der Waals surface area (Å²) in [6.45, 7) is 0. The monoisotopic (exact) mass is 413 g/mol. The van der Waals surface area contributed by atoms with Crippen LogP contribution in [0.15, 0.2) is 60.0 Å². The van der Waals surface area contributed by atoms with Crippen LogP contribution in [-0.4, -0.2) is 29.9 Å². The van der Waals surface area contributed by atoms with Crippen molar-refractivity contribution in [3.8, 4) is 0 Å². The summed E-state index contributed by atoms with van der Waals surface area (Å²) in [6, 6.07) is 16.4. The van der Waals surface area contributed by atoms with E-state index in [2.05, 4.69) is 15.6 Å². The second kappa shape index (κ2) is 9.48. The van der Waals surface area contributed by atoms with Crippen molar-refractivity contribution < 1.29 is 9.59 Å². The number of likely N-dealkylation sites (N-methyl/N-ethyl adjacent to an activating group) is 1. The van der Waals surface area contributed by atoms with Gasteiger partial charge in [0.1, 0.15) is 11.7 Å². The van der Waals surface area contributed by atoms with Gasteiger partial charge in [-0.1, -0.05) is 54.1 Å². The predicted octanol–water partition coefficient (Wildman–Crippen LogP) is 3.47. The molecule has 2 aromatic carbocycles. The molecule has 0 aliphatic rings. The van der Waals surface area contributed by atoms with E-state index in [1.54, 1.807) is 12.4 Å². The van der Waals surface area contributed by atoms with Crippen molar-refractivity contribution in [3.05, 3.63) is 86.8 Å². The third-order valence-electron chi connectivity index (χ3n) is 4.20. The second-order valence-corrected chi connectivity index (χ2v) is 7.64. The van der Waals surface area contributed by atoms with Gasteiger partial charge in [0.15, 0.2) is 0 Å². The van der Waals surface area contributed by atoms with Gasteiger partial charge in [-0.2, -0.15) is 0 Å². The Morgan fingerprint density at radius 3 is 2.46 bits per heavy atom. The predicted molar refractivity (Wildman–Crippen MR) is 112 cm³/mol. The number of nitrogens with zero attached hydrogens (tertiary/aromatic N) is 1. The standard InChI is InChI=1S/C21H20ClN3O2S/c1-23-20(26)17(11-14-5-3-2-4-6-14)25-21(27)18-13-28-19(24-18)12-15-7-9-16(22)10-8-15/h2-10,13,17H,11-12H2,1H3,(H,23,26)(H,25,27). The van der Waals surface area contributed by atoms with Crippen LogP contribution in [0.4, 0.5) is 0 Å². The van der Waals surface area contributed by atoms with Gasteiger partial charge in [0.25, 0.3) is 5.91 Å². The first kappa shape index (κ1) is 20.0. The van der Waals surface area contributed by atoms with Crippen molar-refractivity contribution in [1.29, 1.82) is 0 Å². The van der Waals surface area contributed by atoms with Crippen LogP contribution >= 0.6 is 22.9 Å². The van der Waals surface area contributed by atoms with Gasteiger partial charge in [0.05, 0.1) is 5.01 Å². The number of aromatic nitrogens is 1. The quantitative estimate of drug-likeness (QED) is 0.623. The van der Waals surface area contributed by atoms with Crippen molar-refractivity contribution >= 4 is 34.8 Å². The Morgan fingerprint density at radius 2 is 1.79 bits per heavy atom. The maximum Gasteiger partial charge on any atom is 0.271 e. The van der Waals surface area contributed by atoms with Crippen LogP contribution in [0.2, 0.25) is 5.02 Å². The molecule has 0 fully saturated rings. The molecule has 1 unspecified atom stereocenters. The molecule has 0 radical (unpaired) electrons. The highest BCUT2D eigenvalue weighted by atomic mass is 35.5. The Kier molecular flexibility index (Phi) is 6.79.